The minimum Gasteiger partial charge on any atom is -0.444 e. The van der Waals surface area contributed by atoms with Crippen LogP contribution in [-0.2, 0) is 16.8 Å². The second-order valence-corrected chi connectivity index (χ2v) is 6.15. The maximum atomic E-state index is 12.9. The van der Waals surface area contributed by atoms with Crippen LogP contribution in [0.15, 0.2) is 34.9 Å². The Labute approximate surface area is 130 Å². The minimum absolute atomic E-state index is 0.0927. The van der Waals surface area contributed by atoms with E-state index in [4.69, 9.17) is 4.42 Å². The SMILES string of the molecule is Cc1cnc(CNC(=O)C2(c3ccccc3C)CCCC2)o1. The summed E-state index contributed by atoms with van der Waals surface area (Å²) in [6, 6.07) is 8.22. The highest BCUT2D eigenvalue weighted by Crippen LogP contribution is 2.42. The summed E-state index contributed by atoms with van der Waals surface area (Å²) in [5.74, 6) is 1.41. The predicted molar refractivity (Wildman–Crippen MR) is 84.4 cm³/mol. The minimum atomic E-state index is -0.396. The Bertz CT molecular complexity index is 669. The molecule has 1 aliphatic rings. The highest BCUT2D eigenvalue weighted by Gasteiger charge is 2.43. The van der Waals surface area contributed by atoms with Crippen LogP contribution < -0.4 is 5.32 Å². The lowest BCUT2D eigenvalue weighted by atomic mass is 9.76. The number of hydrogen-bond donors (Lipinski definition) is 1. The van der Waals surface area contributed by atoms with Gasteiger partial charge < -0.3 is 9.73 Å². The molecule has 1 aromatic carbocycles. The number of aromatic nitrogens is 1. The molecule has 0 radical (unpaired) electrons. The van der Waals surface area contributed by atoms with Gasteiger partial charge in [0.25, 0.3) is 0 Å². The molecule has 0 saturated heterocycles. The molecule has 116 valence electrons. The summed E-state index contributed by atoms with van der Waals surface area (Å²) in [7, 11) is 0. The third kappa shape index (κ3) is 2.65. The molecule has 1 saturated carbocycles. The average molecular weight is 298 g/mol. The third-order valence-electron chi connectivity index (χ3n) is 4.62. The van der Waals surface area contributed by atoms with Gasteiger partial charge in [-0.25, -0.2) is 4.98 Å². The molecule has 0 spiro atoms. The first kappa shape index (κ1) is 14.8. The van der Waals surface area contributed by atoms with Crippen LogP contribution in [0.4, 0.5) is 0 Å². The number of benzene rings is 1. The molecule has 22 heavy (non-hydrogen) atoms. The Hall–Kier alpha value is -2.10. The third-order valence-corrected chi connectivity index (χ3v) is 4.62. The molecule has 4 nitrogen and oxygen atoms in total. The van der Waals surface area contributed by atoms with Crippen molar-refractivity contribution in [3.05, 3.63) is 53.2 Å². The lowest BCUT2D eigenvalue weighted by Gasteiger charge is -2.29. The van der Waals surface area contributed by atoms with E-state index in [9.17, 15) is 4.79 Å². The van der Waals surface area contributed by atoms with E-state index < -0.39 is 5.41 Å². The number of nitrogens with one attached hydrogen (secondary N) is 1. The zero-order valence-corrected chi connectivity index (χ0v) is 13.2. The van der Waals surface area contributed by atoms with Crippen LogP contribution in [0.3, 0.4) is 0 Å². The van der Waals surface area contributed by atoms with Gasteiger partial charge in [0.1, 0.15) is 5.76 Å². The molecule has 0 aliphatic heterocycles. The van der Waals surface area contributed by atoms with Gasteiger partial charge >= 0.3 is 0 Å². The van der Waals surface area contributed by atoms with E-state index in [1.165, 1.54) is 5.56 Å². The van der Waals surface area contributed by atoms with E-state index in [-0.39, 0.29) is 5.91 Å². The summed E-state index contributed by atoms with van der Waals surface area (Å²) in [4.78, 5) is 17.1. The smallest absolute Gasteiger partial charge is 0.231 e. The Morgan fingerprint density at radius 2 is 2.00 bits per heavy atom. The fraction of sp³-hybridized carbons (Fsp3) is 0.444. The van der Waals surface area contributed by atoms with Crippen molar-refractivity contribution in [3.8, 4) is 0 Å². The van der Waals surface area contributed by atoms with Gasteiger partial charge in [0.15, 0.2) is 0 Å². The molecule has 1 aliphatic carbocycles. The van der Waals surface area contributed by atoms with Gasteiger partial charge in [-0.3, -0.25) is 4.79 Å². The topological polar surface area (TPSA) is 55.1 Å². The molecular formula is C18H22N2O2. The number of hydrogen-bond acceptors (Lipinski definition) is 3. The first-order chi connectivity index (χ1) is 10.6. The number of carbonyl (C=O) groups excluding carboxylic acids is 1. The number of aryl methyl sites for hydroxylation is 2. The first-order valence-electron chi connectivity index (χ1n) is 7.87. The maximum Gasteiger partial charge on any atom is 0.231 e. The number of carbonyl (C=O) groups is 1. The normalized spacial score (nSPS) is 16.6. The van der Waals surface area contributed by atoms with Gasteiger partial charge in [-0.2, -0.15) is 0 Å². The summed E-state index contributed by atoms with van der Waals surface area (Å²) in [5, 5.41) is 3.03. The average Bonchev–Trinajstić information content (AvgIpc) is 3.15. The standard InChI is InChI=1S/C18H22N2O2/c1-13-7-3-4-8-15(13)18(9-5-6-10-18)17(21)20-12-16-19-11-14(2)22-16/h3-4,7-8,11H,5-6,9-10,12H2,1-2H3,(H,20,21). The summed E-state index contributed by atoms with van der Waals surface area (Å²) in [5.41, 5.74) is 1.95. The van der Waals surface area contributed by atoms with Crippen molar-refractivity contribution in [2.24, 2.45) is 0 Å². The monoisotopic (exact) mass is 298 g/mol. The fourth-order valence-corrected chi connectivity index (χ4v) is 3.52. The van der Waals surface area contributed by atoms with Crippen LogP contribution in [0.25, 0.3) is 0 Å². The molecule has 3 rings (SSSR count). The lowest BCUT2D eigenvalue weighted by Crippen LogP contribution is -2.42. The van der Waals surface area contributed by atoms with Gasteiger partial charge in [-0.05, 0) is 37.8 Å². The molecule has 2 aromatic rings. The first-order valence-corrected chi connectivity index (χ1v) is 7.87. The van der Waals surface area contributed by atoms with Gasteiger partial charge in [0.05, 0.1) is 18.2 Å². The van der Waals surface area contributed by atoms with Gasteiger partial charge in [0, 0.05) is 0 Å². The van der Waals surface area contributed by atoms with Crippen molar-refractivity contribution >= 4 is 5.91 Å². The zero-order valence-electron chi connectivity index (χ0n) is 13.2. The van der Waals surface area contributed by atoms with Crippen molar-refractivity contribution in [1.29, 1.82) is 0 Å². The highest BCUT2D eigenvalue weighted by molar-refractivity contribution is 5.88. The quantitative estimate of drug-likeness (QED) is 0.941. The van der Waals surface area contributed by atoms with Crippen LogP contribution in [0, 0.1) is 13.8 Å². The van der Waals surface area contributed by atoms with Gasteiger partial charge in [-0.15, -0.1) is 0 Å². The van der Waals surface area contributed by atoms with E-state index in [1.54, 1.807) is 6.20 Å². The van der Waals surface area contributed by atoms with E-state index in [0.717, 1.165) is 37.0 Å². The number of nitrogens with zero attached hydrogens (tertiary/aromatic N) is 1. The zero-order chi connectivity index (χ0) is 15.6. The van der Waals surface area contributed by atoms with E-state index >= 15 is 0 Å². The molecule has 1 amide bonds. The molecule has 1 N–H and O–H groups in total. The second kappa shape index (κ2) is 5.95. The summed E-state index contributed by atoms with van der Waals surface area (Å²) >= 11 is 0. The molecule has 4 heteroatoms. The Kier molecular flexibility index (Phi) is 4.01. The van der Waals surface area contributed by atoms with E-state index in [0.29, 0.717) is 12.4 Å². The fourth-order valence-electron chi connectivity index (χ4n) is 3.52. The van der Waals surface area contributed by atoms with Crippen molar-refractivity contribution in [3.63, 3.8) is 0 Å². The molecule has 0 atom stereocenters. The summed E-state index contributed by atoms with van der Waals surface area (Å²) in [6.45, 7) is 4.28. The molecule has 0 unspecified atom stereocenters. The number of oxazole rings is 1. The largest absolute Gasteiger partial charge is 0.444 e. The summed E-state index contributed by atoms with van der Waals surface area (Å²) < 4.78 is 5.43. The highest BCUT2D eigenvalue weighted by atomic mass is 16.4. The molecular weight excluding hydrogens is 276 g/mol. The van der Waals surface area contributed by atoms with Crippen molar-refractivity contribution < 1.29 is 9.21 Å². The van der Waals surface area contributed by atoms with E-state index in [1.807, 2.05) is 19.1 Å². The van der Waals surface area contributed by atoms with Crippen LogP contribution in [0.1, 0.15) is 48.5 Å². The van der Waals surface area contributed by atoms with Crippen LogP contribution in [-0.4, -0.2) is 10.9 Å². The van der Waals surface area contributed by atoms with Crippen LogP contribution in [0.5, 0.6) is 0 Å². The van der Waals surface area contributed by atoms with Crippen molar-refractivity contribution in [1.82, 2.24) is 10.3 Å². The van der Waals surface area contributed by atoms with Crippen molar-refractivity contribution in [2.45, 2.75) is 51.5 Å². The maximum absolute atomic E-state index is 12.9. The molecule has 1 aromatic heterocycles. The van der Waals surface area contributed by atoms with Crippen molar-refractivity contribution in [2.75, 3.05) is 0 Å². The Balaban J connectivity index is 1.81. The second-order valence-electron chi connectivity index (χ2n) is 6.15. The van der Waals surface area contributed by atoms with Gasteiger partial charge in [0.2, 0.25) is 11.8 Å². The van der Waals surface area contributed by atoms with Crippen LogP contribution >= 0.6 is 0 Å². The van der Waals surface area contributed by atoms with Gasteiger partial charge in [-0.1, -0.05) is 37.1 Å². The molecule has 1 fully saturated rings. The number of amides is 1. The Morgan fingerprint density at radius 1 is 1.27 bits per heavy atom. The van der Waals surface area contributed by atoms with Crippen LogP contribution in [0.2, 0.25) is 0 Å². The molecule has 1 heterocycles. The number of rotatable bonds is 4. The Morgan fingerprint density at radius 3 is 2.64 bits per heavy atom. The molecule has 0 bridgehead atoms. The van der Waals surface area contributed by atoms with E-state index in [2.05, 4.69) is 29.4 Å². The predicted octanol–water partition coefficient (Wildman–Crippen LogP) is 3.42. The lowest BCUT2D eigenvalue weighted by molar-refractivity contribution is -0.127. The summed E-state index contributed by atoms with van der Waals surface area (Å²) in [6.07, 6.45) is 5.69.